The van der Waals surface area contributed by atoms with Crippen molar-refractivity contribution in [1.29, 1.82) is 0 Å². The minimum absolute atomic E-state index is 0.320. The molecule has 0 saturated heterocycles. The predicted octanol–water partition coefficient (Wildman–Crippen LogP) is -0.757. The molecule has 14 heavy (non-hydrogen) atoms. The zero-order valence-corrected chi connectivity index (χ0v) is 7.85. The molecule has 5 nitrogen and oxygen atoms in total. The van der Waals surface area contributed by atoms with Crippen molar-refractivity contribution >= 4 is 5.97 Å². The van der Waals surface area contributed by atoms with Crippen molar-refractivity contribution in [2.45, 2.75) is 12.8 Å². The van der Waals surface area contributed by atoms with Crippen LogP contribution in [0.2, 0.25) is 0 Å². The second-order valence-electron chi connectivity index (χ2n) is 3.23. The highest BCUT2D eigenvalue weighted by atomic mass is 16.4. The van der Waals surface area contributed by atoms with Crippen LogP contribution in [-0.4, -0.2) is 41.1 Å². The Morgan fingerprint density at radius 3 is 2.00 bits per heavy atom. The van der Waals surface area contributed by atoms with Gasteiger partial charge in [-0.15, -0.1) is 0 Å². The summed E-state index contributed by atoms with van der Waals surface area (Å²) >= 11 is 0. The van der Waals surface area contributed by atoms with Gasteiger partial charge in [0, 0.05) is 11.5 Å². The molecule has 1 radical (unpaired) electrons. The summed E-state index contributed by atoms with van der Waals surface area (Å²) < 4.78 is 0. The summed E-state index contributed by atoms with van der Waals surface area (Å²) in [6.07, 6.45) is 2.93. The van der Waals surface area contributed by atoms with Gasteiger partial charge in [-0.05, 0) is 12.8 Å². The van der Waals surface area contributed by atoms with Crippen LogP contribution in [0.15, 0.2) is 12.2 Å². The van der Waals surface area contributed by atoms with Crippen LogP contribution in [-0.2, 0) is 9.90 Å². The first-order valence-electron chi connectivity index (χ1n) is 4.30. The maximum absolute atomic E-state index is 9.99. The zero-order valence-electron chi connectivity index (χ0n) is 7.85. The summed E-state index contributed by atoms with van der Waals surface area (Å²) in [6.45, 7) is -1.00. The summed E-state index contributed by atoms with van der Waals surface area (Å²) in [4.78, 5) is 9.99. The van der Waals surface area contributed by atoms with Crippen LogP contribution >= 0.6 is 0 Å². The highest BCUT2D eigenvalue weighted by molar-refractivity contribution is 5.79. The summed E-state index contributed by atoms with van der Waals surface area (Å²) in [7, 11) is 0. The van der Waals surface area contributed by atoms with E-state index in [1.165, 1.54) is 6.08 Å². The number of hydrogen-bond acceptors (Lipinski definition) is 4. The summed E-state index contributed by atoms with van der Waals surface area (Å²) in [5, 5.41) is 36.7. The van der Waals surface area contributed by atoms with Gasteiger partial charge in [0.15, 0.2) is 0 Å². The van der Waals surface area contributed by atoms with E-state index in [2.05, 4.69) is 0 Å². The van der Waals surface area contributed by atoms with Crippen molar-refractivity contribution in [3.8, 4) is 0 Å². The highest BCUT2D eigenvalue weighted by Crippen LogP contribution is 2.21. The van der Waals surface area contributed by atoms with Crippen LogP contribution in [0.3, 0.4) is 0 Å². The first-order valence-corrected chi connectivity index (χ1v) is 4.30. The molecule has 0 atom stereocenters. The SMILES string of the molecule is [O]C(=O)C=CCCC(CO)(CO)CO. The van der Waals surface area contributed by atoms with Crippen molar-refractivity contribution < 1.29 is 25.2 Å². The van der Waals surface area contributed by atoms with Crippen molar-refractivity contribution in [2.24, 2.45) is 5.41 Å². The first kappa shape index (κ1) is 13.1. The number of allylic oxidation sites excluding steroid dienone is 1. The van der Waals surface area contributed by atoms with Crippen LogP contribution < -0.4 is 0 Å². The molecule has 81 valence electrons. The minimum atomic E-state index is -1.28. The number of aliphatic hydroxyl groups is 3. The fourth-order valence-electron chi connectivity index (χ4n) is 0.956. The molecule has 0 spiro atoms. The molecule has 0 aromatic heterocycles. The fourth-order valence-corrected chi connectivity index (χ4v) is 0.956. The third-order valence-electron chi connectivity index (χ3n) is 2.10. The Morgan fingerprint density at radius 1 is 1.14 bits per heavy atom. The topological polar surface area (TPSA) is 97.7 Å². The molecule has 0 rings (SSSR count). The van der Waals surface area contributed by atoms with Crippen LogP contribution in [0.25, 0.3) is 0 Å². The van der Waals surface area contributed by atoms with E-state index in [0.29, 0.717) is 12.8 Å². The second-order valence-corrected chi connectivity index (χ2v) is 3.23. The van der Waals surface area contributed by atoms with E-state index in [4.69, 9.17) is 15.3 Å². The van der Waals surface area contributed by atoms with Gasteiger partial charge >= 0.3 is 5.97 Å². The molecule has 0 aliphatic rings. The third-order valence-corrected chi connectivity index (χ3v) is 2.10. The Bertz CT molecular complexity index is 187. The van der Waals surface area contributed by atoms with Gasteiger partial charge in [-0.25, -0.2) is 9.90 Å². The summed E-state index contributed by atoms with van der Waals surface area (Å²) in [5.41, 5.74) is -0.934. The number of carbonyl (C=O) groups excluding carboxylic acids is 1. The fraction of sp³-hybridized carbons (Fsp3) is 0.667. The lowest BCUT2D eigenvalue weighted by Crippen LogP contribution is -2.33. The monoisotopic (exact) mass is 203 g/mol. The molecule has 0 aliphatic carbocycles. The molecule has 3 N–H and O–H groups in total. The van der Waals surface area contributed by atoms with E-state index >= 15 is 0 Å². The number of aliphatic hydroxyl groups excluding tert-OH is 3. The second kappa shape index (κ2) is 6.53. The maximum atomic E-state index is 9.99. The van der Waals surface area contributed by atoms with Gasteiger partial charge in [-0.1, -0.05) is 6.08 Å². The standard InChI is InChI=1S/C9H15O5/c10-5-9(6-11,7-12)4-2-1-3-8(13)14/h1,3,10-12H,2,4-7H2. The normalized spacial score (nSPS) is 12.2. The molecule has 0 fully saturated rings. The number of hydrogen-bond donors (Lipinski definition) is 3. The summed E-state index contributed by atoms with van der Waals surface area (Å²) in [6, 6.07) is 0. The van der Waals surface area contributed by atoms with Gasteiger partial charge in [0.25, 0.3) is 0 Å². The molecule has 0 aromatic rings. The van der Waals surface area contributed by atoms with Crippen LogP contribution in [0.1, 0.15) is 12.8 Å². The Morgan fingerprint density at radius 2 is 1.64 bits per heavy atom. The molecule has 0 saturated carbocycles. The first-order chi connectivity index (χ1) is 6.60. The quantitative estimate of drug-likeness (QED) is 0.474. The lowest BCUT2D eigenvalue weighted by Gasteiger charge is -2.26. The lowest BCUT2D eigenvalue weighted by atomic mass is 9.86. The molecule has 0 bridgehead atoms. The molecule has 0 aromatic carbocycles. The van der Waals surface area contributed by atoms with Gasteiger partial charge in [0.1, 0.15) is 0 Å². The van der Waals surface area contributed by atoms with E-state index in [9.17, 15) is 9.90 Å². The third kappa shape index (κ3) is 4.36. The van der Waals surface area contributed by atoms with Gasteiger partial charge in [0.2, 0.25) is 0 Å². The number of rotatable bonds is 7. The van der Waals surface area contributed by atoms with Gasteiger partial charge in [0.05, 0.1) is 19.8 Å². The van der Waals surface area contributed by atoms with Crippen LogP contribution in [0.4, 0.5) is 0 Å². The van der Waals surface area contributed by atoms with Crippen molar-refractivity contribution in [1.82, 2.24) is 0 Å². The Kier molecular flexibility index (Phi) is 6.11. The molecule has 0 amide bonds. The smallest absolute Gasteiger partial charge is 0.378 e. The average Bonchev–Trinajstić information content (AvgIpc) is 2.19. The molecule has 5 heteroatoms. The highest BCUT2D eigenvalue weighted by Gasteiger charge is 2.26. The Balaban J connectivity index is 4.00. The van der Waals surface area contributed by atoms with Gasteiger partial charge in [-0.2, -0.15) is 0 Å². The molecular formula is C9H15O5. The van der Waals surface area contributed by atoms with E-state index < -0.39 is 11.4 Å². The van der Waals surface area contributed by atoms with E-state index in [1.807, 2.05) is 0 Å². The van der Waals surface area contributed by atoms with Crippen molar-refractivity contribution in [3.63, 3.8) is 0 Å². The Labute approximate surface area is 82.3 Å². The molecular weight excluding hydrogens is 188 g/mol. The number of carbonyl (C=O) groups is 1. The molecule has 0 heterocycles. The minimum Gasteiger partial charge on any atom is -0.396 e. The van der Waals surface area contributed by atoms with E-state index in [0.717, 1.165) is 6.08 Å². The maximum Gasteiger partial charge on any atom is 0.378 e. The van der Waals surface area contributed by atoms with Gasteiger partial charge < -0.3 is 15.3 Å². The Hall–Kier alpha value is -0.910. The van der Waals surface area contributed by atoms with Crippen molar-refractivity contribution in [3.05, 3.63) is 12.2 Å². The lowest BCUT2D eigenvalue weighted by molar-refractivity contribution is -0.137. The zero-order chi connectivity index (χ0) is 11.0. The van der Waals surface area contributed by atoms with Crippen molar-refractivity contribution in [2.75, 3.05) is 19.8 Å². The van der Waals surface area contributed by atoms with E-state index in [1.54, 1.807) is 0 Å². The average molecular weight is 203 g/mol. The molecule has 0 aliphatic heterocycles. The van der Waals surface area contributed by atoms with E-state index in [-0.39, 0.29) is 19.8 Å². The van der Waals surface area contributed by atoms with Gasteiger partial charge in [-0.3, -0.25) is 0 Å². The van der Waals surface area contributed by atoms with Crippen LogP contribution in [0.5, 0.6) is 0 Å². The van der Waals surface area contributed by atoms with Crippen LogP contribution in [0, 0.1) is 5.41 Å². The predicted molar refractivity (Wildman–Crippen MR) is 47.8 cm³/mol. The largest absolute Gasteiger partial charge is 0.396 e. The summed E-state index contributed by atoms with van der Waals surface area (Å²) in [5.74, 6) is -1.28. The molecule has 0 unspecified atom stereocenters.